The number of aromatic nitrogens is 2. The van der Waals surface area contributed by atoms with Crippen molar-refractivity contribution in [2.75, 3.05) is 0 Å². The van der Waals surface area contributed by atoms with E-state index in [4.69, 9.17) is 0 Å². The van der Waals surface area contributed by atoms with Crippen LogP contribution in [0.4, 0.5) is 0 Å². The number of aryl methyl sites for hydroxylation is 2. The lowest BCUT2D eigenvalue weighted by Gasteiger charge is -2.06. The summed E-state index contributed by atoms with van der Waals surface area (Å²) in [6, 6.07) is 17.4. The number of benzene rings is 2. The molecule has 0 radical (unpaired) electrons. The zero-order valence-corrected chi connectivity index (χ0v) is 14.2. The van der Waals surface area contributed by atoms with Crippen LogP contribution in [0.5, 0.6) is 0 Å². The molecule has 0 aliphatic carbocycles. The molecule has 0 spiro atoms. The lowest BCUT2D eigenvalue weighted by molar-refractivity contribution is -0.505. The van der Waals surface area contributed by atoms with E-state index in [1.807, 2.05) is 0 Å². The van der Waals surface area contributed by atoms with Gasteiger partial charge in [-0.25, -0.2) is 4.57 Å². The van der Waals surface area contributed by atoms with Gasteiger partial charge in [-0.05, 0) is 25.0 Å². The van der Waals surface area contributed by atoms with Crippen LogP contribution in [0.2, 0.25) is 0 Å². The van der Waals surface area contributed by atoms with Crippen LogP contribution in [0.25, 0.3) is 16.2 Å². The normalized spacial score (nSPS) is 11.2. The van der Waals surface area contributed by atoms with Crippen LogP contribution < -0.4 is 4.40 Å². The van der Waals surface area contributed by atoms with Gasteiger partial charge in [-0.15, -0.1) is 0 Å². The zero-order valence-electron chi connectivity index (χ0n) is 13.4. The SMILES string of the molecule is Cc1ccc(-c2c[n+]3ccsc3n2Cc2ccccc2)c(C)c1. The molecule has 0 N–H and O–H groups in total. The van der Waals surface area contributed by atoms with E-state index in [0.717, 1.165) is 6.54 Å². The van der Waals surface area contributed by atoms with Gasteiger partial charge in [-0.2, -0.15) is 4.40 Å². The van der Waals surface area contributed by atoms with E-state index >= 15 is 0 Å². The number of hydrogen-bond acceptors (Lipinski definition) is 1. The van der Waals surface area contributed by atoms with Crippen LogP contribution in [0.1, 0.15) is 16.7 Å². The molecule has 4 rings (SSSR count). The number of hydrogen-bond donors (Lipinski definition) is 0. The average Bonchev–Trinajstić information content (AvgIpc) is 3.11. The van der Waals surface area contributed by atoms with Gasteiger partial charge in [0.05, 0.1) is 0 Å². The van der Waals surface area contributed by atoms with Crippen LogP contribution in [0, 0.1) is 13.8 Å². The van der Waals surface area contributed by atoms with E-state index < -0.39 is 0 Å². The molecule has 0 aliphatic rings. The topological polar surface area (TPSA) is 9.03 Å². The Morgan fingerprint density at radius 3 is 2.65 bits per heavy atom. The van der Waals surface area contributed by atoms with Crippen molar-refractivity contribution >= 4 is 16.3 Å². The second-order valence-electron chi connectivity index (χ2n) is 6.00. The zero-order chi connectivity index (χ0) is 15.8. The second kappa shape index (κ2) is 5.67. The Morgan fingerprint density at radius 1 is 1.04 bits per heavy atom. The Kier molecular flexibility index (Phi) is 3.50. The molecule has 0 fully saturated rings. The van der Waals surface area contributed by atoms with Crippen LogP contribution in [-0.4, -0.2) is 4.57 Å². The first-order valence-electron chi connectivity index (χ1n) is 7.82. The van der Waals surface area contributed by atoms with Crippen molar-refractivity contribution in [2.45, 2.75) is 20.4 Å². The van der Waals surface area contributed by atoms with Gasteiger partial charge in [0.15, 0.2) is 5.69 Å². The molecular formula is C20H19N2S+. The molecular weight excluding hydrogens is 300 g/mol. The second-order valence-corrected chi connectivity index (χ2v) is 6.87. The van der Waals surface area contributed by atoms with Gasteiger partial charge in [-0.3, -0.25) is 0 Å². The van der Waals surface area contributed by atoms with Crippen molar-refractivity contribution in [3.05, 3.63) is 83.0 Å². The summed E-state index contributed by atoms with van der Waals surface area (Å²) >= 11 is 1.78. The summed E-state index contributed by atoms with van der Waals surface area (Å²) < 4.78 is 4.64. The summed E-state index contributed by atoms with van der Waals surface area (Å²) in [6.45, 7) is 5.23. The van der Waals surface area contributed by atoms with E-state index in [2.05, 4.69) is 89.1 Å². The third-order valence-corrected chi connectivity index (χ3v) is 5.14. The number of fused-ring (bicyclic) bond motifs is 1. The summed E-state index contributed by atoms with van der Waals surface area (Å²) in [7, 11) is 0. The first-order chi connectivity index (χ1) is 11.2. The molecule has 0 saturated carbocycles. The van der Waals surface area contributed by atoms with Gasteiger partial charge in [0.1, 0.15) is 18.9 Å². The molecule has 2 aromatic heterocycles. The van der Waals surface area contributed by atoms with Gasteiger partial charge in [0, 0.05) is 10.9 Å². The fraction of sp³-hybridized carbons (Fsp3) is 0.150. The third kappa shape index (κ3) is 2.57. The first-order valence-corrected chi connectivity index (χ1v) is 8.70. The molecule has 3 heteroatoms. The van der Waals surface area contributed by atoms with Crippen molar-refractivity contribution in [1.29, 1.82) is 0 Å². The van der Waals surface area contributed by atoms with Crippen molar-refractivity contribution in [2.24, 2.45) is 0 Å². The summed E-state index contributed by atoms with van der Waals surface area (Å²) in [5, 5.41) is 2.14. The highest BCUT2D eigenvalue weighted by Crippen LogP contribution is 2.27. The number of thiazole rings is 1. The highest BCUT2D eigenvalue weighted by Gasteiger charge is 2.21. The fourth-order valence-electron chi connectivity index (χ4n) is 3.12. The molecule has 4 aromatic rings. The summed E-state index contributed by atoms with van der Waals surface area (Å²) in [6.07, 6.45) is 4.38. The Balaban J connectivity index is 1.89. The molecule has 0 saturated heterocycles. The van der Waals surface area contributed by atoms with E-state index in [1.54, 1.807) is 11.3 Å². The minimum Gasteiger partial charge on any atom is -0.209 e. The van der Waals surface area contributed by atoms with Crippen molar-refractivity contribution in [3.8, 4) is 11.3 Å². The lowest BCUT2D eigenvalue weighted by atomic mass is 10.0. The van der Waals surface area contributed by atoms with E-state index in [-0.39, 0.29) is 0 Å². The highest BCUT2D eigenvalue weighted by atomic mass is 32.1. The maximum atomic E-state index is 2.41. The molecule has 2 nitrogen and oxygen atoms in total. The Hall–Kier alpha value is -2.39. The highest BCUT2D eigenvalue weighted by molar-refractivity contribution is 7.14. The molecule has 0 atom stereocenters. The molecule has 0 aliphatic heterocycles. The van der Waals surface area contributed by atoms with E-state index in [1.165, 1.54) is 32.9 Å². The predicted octanol–water partition coefficient (Wildman–Crippen LogP) is 4.62. The minimum absolute atomic E-state index is 0.889. The summed E-state index contributed by atoms with van der Waals surface area (Å²) in [5.41, 5.74) is 6.54. The van der Waals surface area contributed by atoms with Gasteiger partial charge < -0.3 is 0 Å². The van der Waals surface area contributed by atoms with Crippen LogP contribution >= 0.6 is 11.3 Å². The molecule has 2 heterocycles. The Labute approximate surface area is 140 Å². The number of rotatable bonds is 3. The van der Waals surface area contributed by atoms with Crippen molar-refractivity contribution in [1.82, 2.24) is 4.57 Å². The van der Waals surface area contributed by atoms with Gasteiger partial charge in [-0.1, -0.05) is 65.4 Å². The van der Waals surface area contributed by atoms with E-state index in [9.17, 15) is 0 Å². The van der Waals surface area contributed by atoms with Crippen molar-refractivity contribution < 1.29 is 4.40 Å². The van der Waals surface area contributed by atoms with Crippen molar-refractivity contribution in [3.63, 3.8) is 0 Å². The molecule has 0 unspecified atom stereocenters. The standard InChI is InChI=1S/C20H19N2S/c1-15-8-9-18(16(2)12-15)19-14-21-10-11-23-20(21)22(19)13-17-6-4-3-5-7-17/h3-12,14H,13H2,1-2H3/q+1. The average molecular weight is 319 g/mol. The van der Waals surface area contributed by atoms with Gasteiger partial charge in [0.2, 0.25) is 0 Å². The lowest BCUT2D eigenvalue weighted by Crippen LogP contribution is -2.13. The monoisotopic (exact) mass is 319 g/mol. The predicted molar refractivity (Wildman–Crippen MR) is 95.9 cm³/mol. The van der Waals surface area contributed by atoms with Crippen LogP contribution in [0.3, 0.4) is 0 Å². The number of nitrogens with zero attached hydrogens (tertiary/aromatic N) is 2. The summed E-state index contributed by atoms with van der Waals surface area (Å²) in [4.78, 5) is 1.27. The number of imidazole rings is 1. The molecule has 0 amide bonds. The molecule has 114 valence electrons. The molecule has 0 bridgehead atoms. The maximum absolute atomic E-state index is 2.41. The van der Waals surface area contributed by atoms with E-state index in [0.29, 0.717) is 0 Å². The first kappa shape index (κ1) is 14.2. The quantitative estimate of drug-likeness (QED) is 0.487. The third-order valence-electron chi connectivity index (χ3n) is 4.24. The Bertz CT molecular complexity index is 964. The van der Waals surface area contributed by atoms with Crippen LogP contribution in [-0.2, 0) is 6.54 Å². The largest absolute Gasteiger partial charge is 0.346 e. The smallest absolute Gasteiger partial charge is 0.209 e. The Morgan fingerprint density at radius 2 is 1.87 bits per heavy atom. The minimum atomic E-state index is 0.889. The molecule has 23 heavy (non-hydrogen) atoms. The van der Waals surface area contributed by atoms with Gasteiger partial charge >= 0.3 is 4.96 Å². The maximum Gasteiger partial charge on any atom is 0.346 e. The van der Waals surface area contributed by atoms with Gasteiger partial charge in [0.25, 0.3) is 0 Å². The summed E-state index contributed by atoms with van der Waals surface area (Å²) in [5.74, 6) is 0. The fourth-order valence-corrected chi connectivity index (χ4v) is 3.96. The van der Waals surface area contributed by atoms with Crippen LogP contribution in [0.15, 0.2) is 66.3 Å². The molecule has 2 aromatic carbocycles.